The van der Waals surface area contributed by atoms with Crippen LogP contribution in [0.3, 0.4) is 0 Å². The summed E-state index contributed by atoms with van der Waals surface area (Å²) >= 11 is 5.64. The minimum absolute atomic E-state index is 0.113. The fourth-order valence-electron chi connectivity index (χ4n) is 8.65. The van der Waals surface area contributed by atoms with Crippen molar-refractivity contribution in [3.63, 3.8) is 0 Å². The summed E-state index contributed by atoms with van der Waals surface area (Å²) in [7, 11) is 3.35. The van der Waals surface area contributed by atoms with Crippen LogP contribution in [-0.4, -0.2) is 72.9 Å². The van der Waals surface area contributed by atoms with E-state index in [9.17, 15) is 19.8 Å². The van der Waals surface area contributed by atoms with Gasteiger partial charge >= 0.3 is 5.97 Å². The molecule has 0 radical (unpaired) electrons. The van der Waals surface area contributed by atoms with Gasteiger partial charge in [0.05, 0.1) is 11.6 Å². The molecule has 67 heavy (non-hydrogen) atoms. The van der Waals surface area contributed by atoms with E-state index < -0.39 is 5.97 Å². The zero-order chi connectivity index (χ0) is 47.0. The Morgan fingerprint density at radius 3 is 2.34 bits per heavy atom. The summed E-state index contributed by atoms with van der Waals surface area (Å²) in [5.41, 5.74) is 8.48. The molecule has 14 heteroatoms. The van der Waals surface area contributed by atoms with Crippen LogP contribution in [0.25, 0.3) is 39.0 Å². The normalized spacial score (nSPS) is 12.8. The van der Waals surface area contributed by atoms with Gasteiger partial charge in [-0.3, -0.25) is 4.79 Å². The highest BCUT2D eigenvalue weighted by molar-refractivity contribution is 8.76. The number of carboxylic acids is 1. The number of aromatic carboxylic acids is 1. The average molecular weight is 952 g/mol. The van der Waals surface area contributed by atoms with Crippen LogP contribution < -0.4 is 40.6 Å². The third-order valence-electron chi connectivity index (χ3n) is 11.9. The van der Waals surface area contributed by atoms with Gasteiger partial charge in [0.1, 0.15) is 35.9 Å². The molecule has 344 valence electrons. The average Bonchev–Trinajstić information content (AvgIpc) is 3.33. The lowest BCUT2D eigenvalue weighted by Crippen LogP contribution is -2.30. The minimum atomic E-state index is -1.08. The second-order valence-corrected chi connectivity index (χ2v) is 18.9. The van der Waals surface area contributed by atoms with Gasteiger partial charge in [0.2, 0.25) is 5.36 Å². The van der Waals surface area contributed by atoms with Crippen LogP contribution in [0.2, 0.25) is 0 Å². The number of allylic oxidation sites excluding steroid dienone is 3. The molecule has 2 aliphatic heterocycles. The second kappa shape index (κ2) is 21.4. The number of amides is 1. The van der Waals surface area contributed by atoms with Crippen molar-refractivity contribution in [2.45, 2.75) is 34.1 Å². The Bertz CT molecular complexity index is 3000. The number of nitrogens with one attached hydrogen (secondary N) is 3. The maximum Gasteiger partial charge on any atom is 0.336 e. The first-order chi connectivity index (χ1) is 32.6. The fourth-order valence-corrected chi connectivity index (χ4v) is 10.7. The van der Waals surface area contributed by atoms with Crippen molar-refractivity contribution in [2.75, 3.05) is 61.0 Å². The molecule has 0 aromatic heterocycles. The molecule has 4 N–H and O–H groups in total. The highest BCUT2D eigenvalue weighted by atomic mass is 33.1. The summed E-state index contributed by atoms with van der Waals surface area (Å²) in [6, 6.07) is 30.1. The smallest absolute Gasteiger partial charge is 0.336 e. The molecule has 0 fully saturated rings. The maximum absolute atomic E-state index is 14.0. The van der Waals surface area contributed by atoms with Crippen LogP contribution in [-0.2, 0) is 0 Å². The van der Waals surface area contributed by atoms with E-state index in [0.29, 0.717) is 69.8 Å². The van der Waals surface area contributed by atoms with E-state index >= 15 is 0 Å². The Morgan fingerprint density at radius 1 is 0.821 bits per heavy atom. The quantitative estimate of drug-likeness (QED) is 0.0227. The molecule has 0 saturated heterocycles. The van der Waals surface area contributed by atoms with Crippen molar-refractivity contribution in [1.82, 2.24) is 15.2 Å². The van der Waals surface area contributed by atoms with E-state index in [-0.39, 0.29) is 17.2 Å². The SMILES string of the molecule is CCN(CC)c1ccc2c(-c3ccccc3C(=O)NCCSSCCNC(=S)Nc3ccc(C(=O)O)c(C4=C5C=CCC=C5Oc5cc([O-])ccc54)c3)c3ccc(=[N+](CC)CC)cc-3oc2c1. The second-order valence-electron chi connectivity index (χ2n) is 15.8. The molecule has 0 bridgehead atoms. The number of rotatable bonds is 17. The van der Waals surface area contributed by atoms with Crippen LogP contribution in [0.4, 0.5) is 11.4 Å². The topological polar surface area (TPSA) is 142 Å². The maximum atomic E-state index is 14.0. The predicted octanol–water partition coefficient (Wildman–Crippen LogP) is 9.77. The number of hydrogen-bond acceptors (Lipinski definition) is 9. The molecule has 0 spiro atoms. The molecule has 4 aromatic rings. The summed E-state index contributed by atoms with van der Waals surface area (Å²) in [4.78, 5) is 28.7. The Labute approximate surface area is 404 Å². The van der Waals surface area contributed by atoms with Crippen molar-refractivity contribution in [1.29, 1.82) is 0 Å². The summed E-state index contributed by atoms with van der Waals surface area (Å²) in [6.07, 6.45) is 6.49. The lowest BCUT2D eigenvalue weighted by atomic mass is 9.85. The largest absolute Gasteiger partial charge is 0.872 e. The first-order valence-electron chi connectivity index (χ1n) is 22.6. The van der Waals surface area contributed by atoms with E-state index in [1.807, 2.05) is 42.5 Å². The van der Waals surface area contributed by atoms with Gasteiger partial charge in [0.15, 0.2) is 5.11 Å². The number of ether oxygens (including phenoxy) is 1. The summed E-state index contributed by atoms with van der Waals surface area (Å²) in [6.45, 7) is 13.2. The van der Waals surface area contributed by atoms with Gasteiger partial charge in [-0.2, -0.15) is 0 Å². The van der Waals surface area contributed by atoms with Crippen LogP contribution in [0.5, 0.6) is 11.5 Å². The molecule has 11 nitrogen and oxygen atoms in total. The fraction of sp³-hybridized carbons (Fsp3) is 0.245. The number of thiocarbonyl (C=S) groups is 1. The Kier molecular flexibility index (Phi) is 15.0. The highest BCUT2D eigenvalue weighted by Crippen LogP contribution is 2.46. The number of anilines is 2. The number of carbonyl (C=O) groups excluding carboxylic acids is 1. The first kappa shape index (κ1) is 47.0. The molecule has 1 amide bonds. The van der Waals surface area contributed by atoms with Crippen LogP contribution >= 0.6 is 33.8 Å². The van der Waals surface area contributed by atoms with Crippen LogP contribution in [0, 0.1) is 0 Å². The number of fused-ring (bicyclic) bond motifs is 4. The van der Waals surface area contributed by atoms with Crippen molar-refractivity contribution in [2.24, 2.45) is 0 Å². The van der Waals surface area contributed by atoms with Crippen molar-refractivity contribution in [3.05, 3.63) is 154 Å². The van der Waals surface area contributed by atoms with E-state index in [1.165, 1.54) is 12.1 Å². The molecular formula is C53H53N5O6S3. The molecule has 0 unspecified atom stereocenters. The third-order valence-corrected chi connectivity index (χ3v) is 14.5. The van der Waals surface area contributed by atoms with E-state index in [2.05, 4.69) is 89.5 Å². The van der Waals surface area contributed by atoms with Crippen molar-refractivity contribution >= 4 is 78.7 Å². The van der Waals surface area contributed by atoms with Gasteiger partial charge in [-0.15, -0.1) is 5.75 Å². The van der Waals surface area contributed by atoms with Gasteiger partial charge in [-0.05, 0) is 112 Å². The van der Waals surface area contributed by atoms with Gasteiger partial charge in [0, 0.05) is 100.0 Å². The molecule has 2 heterocycles. The van der Waals surface area contributed by atoms with Crippen LogP contribution in [0.1, 0.15) is 66.0 Å². The minimum Gasteiger partial charge on any atom is -0.872 e. The van der Waals surface area contributed by atoms with Crippen molar-refractivity contribution < 1.29 is 29.0 Å². The van der Waals surface area contributed by atoms with Gasteiger partial charge in [-0.25, -0.2) is 9.37 Å². The predicted molar refractivity (Wildman–Crippen MR) is 277 cm³/mol. The lowest BCUT2D eigenvalue weighted by molar-refractivity contribution is -0.268. The Balaban J connectivity index is 0.893. The molecule has 4 aromatic carbocycles. The standard InChI is InChI=1S/C53H53N5O6S3/c1-5-57(6-2)34-18-22-41-46(30-34)64-47-31-35(58(7-3)8-4)19-23-42(47)49(41)37-13-9-10-14-38(37)51(60)54-25-27-66-67-28-26-55-53(65)56-33-17-21-39(52(61)62)44(29-33)50-40-15-11-12-16-45(40)63-48-32-36(59)20-24-43(48)50/h9-11,13-24,29-32H,5-8,12,25-28H2,1-4H3,(H4-,54,55,56,59,60,61,62,65). The van der Waals surface area contributed by atoms with E-state index in [0.717, 1.165) is 82.0 Å². The monoisotopic (exact) mass is 951 g/mol. The molecule has 4 aliphatic rings. The van der Waals surface area contributed by atoms with E-state index in [4.69, 9.17) is 21.4 Å². The molecule has 8 rings (SSSR count). The number of hydrogen-bond donors (Lipinski definition) is 4. The third kappa shape index (κ3) is 10.3. The lowest BCUT2D eigenvalue weighted by Gasteiger charge is -2.28. The van der Waals surface area contributed by atoms with E-state index in [1.54, 1.807) is 45.9 Å². The highest BCUT2D eigenvalue weighted by Gasteiger charge is 2.29. The summed E-state index contributed by atoms with van der Waals surface area (Å²) in [5.74, 6) is 1.78. The van der Waals surface area contributed by atoms with Crippen LogP contribution in [0.15, 0.2) is 131 Å². The van der Waals surface area contributed by atoms with Gasteiger partial charge < -0.3 is 40.2 Å². The number of carbonyl (C=O) groups is 2. The zero-order valence-electron chi connectivity index (χ0n) is 37.9. The molecular weight excluding hydrogens is 899 g/mol. The number of benzene rings is 5. The molecule has 0 saturated carbocycles. The zero-order valence-corrected chi connectivity index (χ0v) is 40.4. The van der Waals surface area contributed by atoms with Gasteiger partial charge in [0.25, 0.3) is 5.91 Å². The molecule has 2 aliphatic carbocycles. The Hall–Kier alpha value is -6.48. The van der Waals surface area contributed by atoms with Gasteiger partial charge in [-0.1, -0.05) is 64.1 Å². The van der Waals surface area contributed by atoms with Crippen molar-refractivity contribution in [3.8, 4) is 33.9 Å². The first-order valence-corrected chi connectivity index (χ1v) is 25.5. The Morgan fingerprint density at radius 2 is 1.58 bits per heavy atom. The number of carboxylic acid groups (broad SMARTS) is 1. The molecule has 0 atom stereocenters. The number of nitrogens with zero attached hydrogens (tertiary/aromatic N) is 2. The summed E-state index contributed by atoms with van der Waals surface area (Å²) < 4.78 is 15.1. The summed E-state index contributed by atoms with van der Waals surface area (Å²) in [5, 5.41) is 34.5.